The number of carbonyl (C=O) groups is 2. The monoisotopic (exact) mass is 243 g/mol. The van der Waals surface area contributed by atoms with Gasteiger partial charge in [-0.3, -0.25) is 9.59 Å². The molecule has 1 aliphatic rings. The molecule has 5 heteroatoms. The van der Waals surface area contributed by atoms with Crippen LogP contribution in [0.4, 0.5) is 0 Å². The summed E-state index contributed by atoms with van der Waals surface area (Å²) in [4.78, 5) is 22.7. The fraction of sp³-hybridized carbons (Fsp3) is 0.833. The lowest BCUT2D eigenvalue weighted by Crippen LogP contribution is -2.51. The lowest BCUT2D eigenvalue weighted by Gasteiger charge is -2.28. The number of carboxylic acid groups (broad SMARTS) is 1. The van der Waals surface area contributed by atoms with Crippen LogP contribution in [0, 0.1) is 11.3 Å². The molecule has 17 heavy (non-hydrogen) atoms. The van der Waals surface area contributed by atoms with E-state index in [2.05, 4.69) is 5.32 Å². The second-order valence-corrected chi connectivity index (χ2v) is 5.80. The largest absolute Gasteiger partial charge is 0.481 e. The second kappa shape index (κ2) is 4.64. The van der Waals surface area contributed by atoms with Crippen molar-refractivity contribution in [3.05, 3.63) is 0 Å². The predicted octanol–water partition coefficient (Wildman–Crippen LogP) is 1.03. The number of amides is 1. The van der Waals surface area contributed by atoms with E-state index < -0.39 is 11.5 Å². The van der Waals surface area contributed by atoms with E-state index >= 15 is 0 Å². The van der Waals surface area contributed by atoms with Gasteiger partial charge in [0, 0.05) is 13.0 Å². The van der Waals surface area contributed by atoms with Crippen LogP contribution < -0.4 is 5.32 Å². The summed E-state index contributed by atoms with van der Waals surface area (Å²) in [6, 6.07) is 0. The van der Waals surface area contributed by atoms with Gasteiger partial charge >= 0.3 is 5.97 Å². The predicted molar refractivity (Wildman–Crippen MR) is 62.6 cm³/mol. The smallest absolute Gasteiger partial charge is 0.305 e. The quantitative estimate of drug-likeness (QED) is 0.730. The summed E-state index contributed by atoms with van der Waals surface area (Å²) in [6.07, 6.45) is 0.717. The molecule has 2 atom stereocenters. The standard InChI is InChI=1S/C12H21NO4/c1-11(2)5-8(11)10(16)13-12(3,7-17-4)6-9(14)15/h8H,5-7H2,1-4H3,(H,13,16)(H,14,15). The molecule has 1 amide bonds. The SMILES string of the molecule is COCC(C)(CC(=O)O)NC(=O)C1CC1(C)C. The van der Waals surface area contributed by atoms with Crippen LogP contribution >= 0.6 is 0 Å². The van der Waals surface area contributed by atoms with E-state index in [-0.39, 0.29) is 30.3 Å². The Labute approximate surface area is 102 Å². The highest BCUT2D eigenvalue weighted by molar-refractivity contribution is 5.83. The number of hydrogen-bond donors (Lipinski definition) is 2. The minimum Gasteiger partial charge on any atom is -0.481 e. The maximum atomic E-state index is 11.9. The summed E-state index contributed by atoms with van der Waals surface area (Å²) in [7, 11) is 1.49. The first-order chi connectivity index (χ1) is 7.70. The Kier molecular flexibility index (Phi) is 3.81. The molecule has 1 aliphatic carbocycles. The van der Waals surface area contributed by atoms with Crippen LogP contribution in [0.3, 0.4) is 0 Å². The van der Waals surface area contributed by atoms with E-state index in [4.69, 9.17) is 9.84 Å². The van der Waals surface area contributed by atoms with Gasteiger partial charge in [0.15, 0.2) is 0 Å². The van der Waals surface area contributed by atoms with E-state index in [0.717, 1.165) is 6.42 Å². The highest BCUT2D eigenvalue weighted by Gasteiger charge is 2.51. The van der Waals surface area contributed by atoms with E-state index in [1.165, 1.54) is 7.11 Å². The number of carboxylic acids is 1. The summed E-state index contributed by atoms with van der Waals surface area (Å²) in [5, 5.41) is 11.6. The summed E-state index contributed by atoms with van der Waals surface area (Å²) in [5.41, 5.74) is -0.794. The Morgan fingerprint density at radius 2 is 2.06 bits per heavy atom. The van der Waals surface area contributed by atoms with Crippen molar-refractivity contribution in [2.75, 3.05) is 13.7 Å². The topological polar surface area (TPSA) is 75.6 Å². The normalized spacial score (nSPS) is 24.8. The number of methoxy groups -OCH3 is 1. The van der Waals surface area contributed by atoms with Gasteiger partial charge in [-0.15, -0.1) is 0 Å². The van der Waals surface area contributed by atoms with Crippen LogP contribution in [0.15, 0.2) is 0 Å². The van der Waals surface area contributed by atoms with E-state index in [9.17, 15) is 9.59 Å². The zero-order valence-corrected chi connectivity index (χ0v) is 10.9. The van der Waals surface area contributed by atoms with Gasteiger partial charge in [0.2, 0.25) is 5.91 Å². The first kappa shape index (κ1) is 14.0. The van der Waals surface area contributed by atoms with Gasteiger partial charge < -0.3 is 15.2 Å². The zero-order valence-electron chi connectivity index (χ0n) is 10.9. The average Bonchev–Trinajstić information content (AvgIpc) is 2.73. The molecule has 0 spiro atoms. The van der Waals surface area contributed by atoms with E-state index in [0.29, 0.717) is 0 Å². The Bertz CT molecular complexity index is 326. The van der Waals surface area contributed by atoms with Crippen LogP contribution in [0.2, 0.25) is 0 Å². The molecule has 0 radical (unpaired) electrons. The summed E-state index contributed by atoms with van der Waals surface area (Å²) < 4.78 is 4.98. The number of nitrogens with one attached hydrogen (secondary N) is 1. The highest BCUT2D eigenvalue weighted by atomic mass is 16.5. The van der Waals surface area contributed by atoms with Crippen molar-refractivity contribution in [3.63, 3.8) is 0 Å². The Balaban J connectivity index is 2.60. The number of hydrogen-bond acceptors (Lipinski definition) is 3. The van der Waals surface area contributed by atoms with Crippen molar-refractivity contribution in [2.24, 2.45) is 11.3 Å². The fourth-order valence-electron chi connectivity index (χ4n) is 2.08. The second-order valence-electron chi connectivity index (χ2n) is 5.80. The summed E-state index contributed by atoms with van der Waals surface area (Å²) >= 11 is 0. The molecule has 0 aromatic carbocycles. The number of aliphatic carboxylic acids is 1. The zero-order chi connectivity index (χ0) is 13.3. The Morgan fingerprint density at radius 3 is 2.41 bits per heavy atom. The van der Waals surface area contributed by atoms with Crippen molar-refractivity contribution in [1.29, 1.82) is 0 Å². The van der Waals surface area contributed by atoms with Gasteiger partial charge in [-0.25, -0.2) is 0 Å². The van der Waals surface area contributed by atoms with Crippen molar-refractivity contribution < 1.29 is 19.4 Å². The summed E-state index contributed by atoms with van der Waals surface area (Å²) in [6.45, 7) is 5.94. The van der Waals surface area contributed by atoms with Gasteiger partial charge in [-0.05, 0) is 18.8 Å². The molecular formula is C12H21NO4. The molecule has 0 saturated heterocycles. The average molecular weight is 243 g/mol. The Hall–Kier alpha value is -1.10. The molecule has 5 nitrogen and oxygen atoms in total. The molecule has 1 saturated carbocycles. The first-order valence-electron chi connectivity index (χ1n) is 5.73. The van der Waals surface area contributed by atoms with Crippen LogP contribution in [-0.2, 0) is 14.3 Å². The van der Waals surface area contributed by atoms with Crippen LogP contribution in [0.1, 0.15) is 33.6 Å². The molecule has 1 fully saturated rings. The lowest BCUT2D eigenvalue weighted by atomic mass is 9.98. The van der Waals surface area contributed by atoms with Gasteiger partial charge in [-0.2, -0.15) is 0 Å². The molecule has 0 aromatic heterocycles. The maximum absolute atomic E-state index is 11.9. The molecule has 0 aliphatic heterocycles. The van der Waals surface area contributed by atoms with Gasteiger partial charge in [0.25, 0.3) is 0 Å². The Morgan fingerprint density at radius 1 is 1.53 bits per heavy atom. The molecule has 2 unspecified atom stereocenters. The third-order valence-corrected chi connectivity index (χ3v) is 3.26. The number of rotatable bonds is 6. The maximum Gasteiger partial charge on any atom is 0.305 e. The first-order valence-corrected chi connectivity index (χ1v) is 5.73. The fourth-order valence-corrected chi connectivity index (χ4v) is 2.08. The van der Waals surface area contributed by atoms with Crippen LogP contribution in [0.25, 0.3) is 0 Å². The molecule has 0 heterocycles. The molecular weight excluding hydrogens is 222 g/mol. The third-order valence-electron chi connectivity index (χ3n) is 3.26. The molecule has 1 rings (SSSR count). The number of carbonyl (C=O) groups excluding carboxylic acids is 1. The molecule has 0 aromatic rings. The van der Waals surface area contributed by atoms with Crippen LogP contribution in [-0.4, -0.2) is 36.2 Å². The van der Waals surface area contributed by atoms with Gasteiger partial charge in [0.1, 0.15) is 0 Å². The highest BCUT2D eigenvalue weighted by Crippen LogP contribution is 2.51. The van der Waals surface area contributed by atoms with Crippen molar-refractivity contribution >= 4 is 11.9 Å². The minimum absolute atomic E-state index is 0.00697. The van der Waals surface area contributed by atoms with E-state index in [1.54, 1.807) is 6.92 Å². The van der Waals surface area contributed by atoms with Crippen molar-refractivity contribution in [2.45, 2.75) is 39.2 Å². The summed E-state index contributed by atoms with van der Waals surface area (Å²) in [5.74, 6) is -1.02. The van der Waals surface area contributed by atoms with Gasteiger partial charge in [-0.1, -0.05) is 13.8 Å². The van der Waals surface area contributed by atoms with E-state index in [1.807, 2.05) is 13.8 Å². The molecule has 0 bridgehead atoms. The molecule has 98 valence electrons. The van der Waals surface area contributed by atoms with Crippen molar-refractivity contribution in [1.82, 2.24) is 5.32 Å². The molecule has 2 N–H and O–H groups in total. The van der Waals surface area contributed by atoms with Crippen LogP contribution in [0.5, 0.6) is 0 Å². The van der Waals surface area contributed by atoms with Gasteiger partial charge in [0.05, 0.1) is 18.6 Å². The lowest BCUT2D eigenvalue weighted by molar-refractivity contribution is -0.139. The van der Waals surface area contributed by atoms with Crippen molar-refractivity contribution in [3.8, 4) is 0 Å². The number of ether oxygens (including phenoxy) is 1. The third kappa shape index (κ3) is 3.70. The minimum atomic E-state index is -0.945.